The molecule has 76 valence electrons. The van der Waals surface area contributed by atoms with E-state index in [0.29, 0.717) is 6.04 Å². The van der Waals surface area contributed by atoms with Gasteiger partial charge in [0.25, 0.3) is 5.56 Å². The molecular weight excluding hydrogens is 188 g/mol. The van der Waals surface area contributed by atoms with E-state index in [1.54, 1.807) is 0 Å². The molecule has 1 aliphatic rings. The molecule has 15 heavy (non-hydrogen) atoms. The van der Waals surface area contributed by atoms with Gasteiger partial charge in [0.05, 0.1) is 10.9 Å². The van der Waals surface area contributed by atoms with Crippen molar-refractivity contribution >= 4 is 10.9 Å². The van der Waals surface area contributed by atoms with Gasteiger partial charge in [-0.05, 0) is 25.5 Å². The molecular formula is C12H12N2O. The summed E-state index contributed by atoms with van der Waals surface area (Å²) >= 11 is 0. The summed E-state index contributed by atoms with van der Waals surface area (Å²) in [5.74, 6) is 0.936. The molecule has 0 N–H and O–H groups in total. The Balaban J connectivity index is 2.47. The van der Waals surface area contributed by atoms with Crippen LogP contribution in [0.15, 0.2) is 29.1 Å². The average Bonchev–Trinajstić information content (AvgIpc) is 2.61. The van der Waals surface area contributed by atoms with Crippen molar-refractivity contribution in [2.45, 2.75) is 25.8 Å². The fourth-order valence-electron chi connectivity index (χ4n) is 2.29. The van der Waals surface area contributed by atoms with E-state index in [1.807, 2.05) is 28.8 Å². The zero-order valence-corrected chi connectivity index (χ0v) is 8.60. The molecule has 1 atom stereocenters. The van der Waals surface area contributed by atoms with Gasteiger partial charge in [-0.3, -0.25) is 9.36 Å². The molecule has 0 saturated heterocycles. The summed E-state index contributed by atoms with van der Waals surface area (Å²) in [5.41, 5.74) is 0.934. The van der Waals surface area contributed by atoms with E-state index < -0.39 is 0 Å². The Kier molecular flexibility index (Phi) is 1.69. The van der Waals surface area contributed by atoms with Crippen LogP contribution >= 0.6 is 0 Å². The second-order valence-electron chi connectivity index (χ2n) is 4.11. The van der Waals surface area contributed by atoms with Crippen molar-refractivity contribution in [2.24, 2.45) is 0 Å². The summed E-state index contributed by atoms with van der Waals surface area (Å²) in [5, 5.41) is 0.731. The number of fused-ring (bicyclic) bond motifs is 2. The molecule has 3 heteroatoms. The second kappa shape index (κ2) is 2.92. The fourth-order valence-corrected chi connectivity index (χ4v) is 2.29. The number of nitrogens with zero attached hydrogens (tertiary/aromatic N) is 2. The maximum atomic E-state index is 12.2. The van der Waals surface area contributed by atoms with Crippen LogP contribution in [0.1, 0.15) is 25.2 Å². The third-order valence-electron chi connectivity index (χ3n) is 3.11. The highest BCUT2D eigenvalue weighted by molar-refractivity contribution is 5.77. The highest BCUT2D eigenvalue weighted by Crippen LogP contribution is 2.22. The van der Waals surface area contributed by atoms with Gasteiger partial charge in [-0.15, -0.1) is 0 Å². The molecule has 0 amide bonds. The standard InChI is InChI=1S/C12H12N2O/c1-8-6-7-11-13-10-5-3-2-4-9(10)12(15)14(8)11/h2-5,8H,6-7H2,1H3/t8-/m1/s1. The van der Waals surface area contributed by atoms with Crippen molar-refractivity contribution in [1.29, 1.82) is 0 Å². The molecule has 0 fully saturated rings. The zero-order chi connectivity index (χ0) is 10.4. The van der Waals surface area contributed by atoms with Crippen molar-refractivity contribution in [3.05, 3.63) is 40.4 Å². The molecule has 2 aromatic rings. The molecule has 0 bridgehead atoms. The summed E-state index contributed by atoms with van der Waals surface area (Å²) in [7, 11) is 0. The van der Waals surface area contributed by atoms with E-state index in [1.165, 1.54) is 0 Å². The molecule has 0 unspecified atom stereocenters. The van der Waals surface area contributed by atoms with Gasteiger partial charge in [-0.1, -0.05) is 12.1 Å². The topological polar surface area (TPSA) is 34.9 Å². The number of hydrogen-bond acceptors (Lipinski definition) is 2. The van der Waals surface area contributed by atoms with Gasteiger partial charge in [0.15, 0.2) is 0 Å². The number of rotatable bonds is 0. The molecule has 0 radical (unpaired) electrons. The fraction of sp³-hybridized carbons (Fsp3) is 0.333. The molecule has 0 saturated carbocycles. The number of benzene rings is 1. The highest BCUT2D eigenvalue weighted by Gasteiger charge is 2.21. The minimum absolute atomic E-state index is 0.112. The largest absolute Gasteiger partial charge is 0.293 e. The van der Waals surface area contributed by atoms with Crippen molar-refractivity contribution in [2.75, 3.05) is 0 Å². The van der Waals surface area contributed by atoms with Gasteiger partial charge in [0.1, 0.15) is 5.82 Å². The average molecular weight is 200 g/mol. The van der Waals surface area contributed by atoms with Crippen LogP contribution in [0.2, 0.25) is 0 Å². The minimum atomic E-state index is 0.112. The smallest absolute Gasteiger partial charge is 0.261 e. The zero-order valence-electron chi connectivity index (χ0n) is 8.60. The van der Waals surface area contributed by atoms with Crippen LogP contribution < -0.4 is 5.56 Å². The van der Waals surface area contributed by atoms with Crippen molar-refractivity contribution in [3.63, 3.8) is 0 Å². The first kappa shape index (κ1) is 8.65. The number of aryl methyl sites for hydroxylation is 1. The number of hydrogen-bond donors (Lipinski definition) is 0. The van der Waals surface area contributed by atoms with E-state index >= 15 is 0 Å². The van der Waals surface area contributed by atoms with Crippen LogP contribution in [0.25, 0.3) is 10.9 Å². The molecule has 3 nitrogen and oxygen atoms in total. The Morgan fingerprint density at radius 1 is 1.40 bits per heavy atom. The van der Waals surface area contributed by atoms with Gasteiger partial charge in [0, 0.05) is 12.5 Å². The summed E-state index contributed by atoms with van der Waals surface area (Å²) in [6.07, 6.45) is 1.94. The van der Waals surface area contributed by atoms with E-state index in [2.05, 4.69) is 11.9 Å². The monoisotopic (exact) mass is 200 g/mol. The van der Waals surface area contributed by atoms with Crippen LogP contribution in [0.4, 0.5) is 0 Å². The maximum Gasteiger partial charge on any atom is 0.261 e. The molecule has 0 spiro atoms. The van der Waals surface area contributed by atoms with Crippen LogP contribution in [-0.4, -0.2) is 9.55 Å². The minimum Gasteiger partial charge on any atom is -0.293 e. The maximum absolute atomic E-state index is 12.2. The predicted octanol–water partition coefficient (Wildman–Crippen LogP) is 1.90. The Morgan fingerprint density at radius 2 is 2.20 bits per heavy atom. The van der Waals surface area contributed by atoms with E-state index in [9.17, 15) is 4.79 Å². The van der Waals surface area contributed by atoms with Crippen LogP contribution in [0.3, 0.4) is 0 Å². The Labute approximate surface area is 87.4 Å². The highest BCUT2D eigenvalue weighted by atomic mass is 16.1. The lowest BCUT2D eigenvalue weighted by Gasteiger charge is -2.09. The first-order valence-corrected chi connectivity index (χ1v) is 5.27. The first-order chi connectivity index (χ1) is 7.27. The van der Waals surface area contributed by atoms with Gasteiger partial charge < -0.3 is 0 Å². The SMILES string of the molecule is C[C@@H]1CCc2nc3ccccc3c(=O)n21. The second-order valence-corrected chi connectivity index (χ2v) is 4.11. The lowest BCUT2D eigenvalue weighted by atomic mass is 10.2. The van der Waals surface area contributed by atoms with Crippen molar-refractivity contribution in [3.8, 4) is 0 Å². The van der Waals surface area contributed by atoms with Crippen LogP contribution in [0, 0.1) is 0 Å². The summed E-state index contributed by atoms with van der Waals surface area (Å²) in [6.45, 7) is 2.08. The molecule has 2 heterocycles. The lowest BCUT2D eigenvalue weighted by Crippen LogP contribution is -2.22. The van der Waals surface area contributed by atoms with Crippen molar-refractivity contribution < 1.29 is 0 Å². The quantitative estimate of drug-likeness (QED) is 0.651. The van der Waals surface area contributed by atoms with Gasteiger partial charge >= 0.3 is 0 Å². The molecule has 0 aliphatic carbocycles. The van der Waals surface area contributed by atoms with Gasteiger partial charge in [-0.25, -0.2) is 4.98 Å². The number of para-hydroxylation sites is 1. The predicted molar refractivity (Wildman–Crippen MR) is 59.0 cm³/mol. The van der Waals surface area contributed by atoms with Gasteiger partial charge in [-0.2, -0.15) is 0 Å². The summed E-state index contributed by atoms with van der Waals surface area (Å²) in [6, 6.07) is 7.86. The van der Waals surface area contributed by atoms with E-state index in [0.717, 1.165) is 29.6 Å². The van der Waals surface area contributed by atoms with Gasteiger partial charge in [0.2, 0.25) is 0 Å². The molecule has 1 aromatic carbocycles. The molecule has 1 aliphatic heterocycles. The Bertz CT molecular complexity index is 586. The summed E-state index contributed by atoms with van der Waals surface area (Å²) in [4.78, 5) is 16.7. The third kappa shape index (κ3) is 1.12. The number of aromatic nitrogens is 2. The Hall–Kier alpha value is -1.64. The lowest BCUT2D eigenvalue weighted by molar-refractivity contribution is 0.563. The Morgan fingerprint density at radius 3 is 3.07 bits per heavy atom. The molecule has 1 aromatic heterocycles. The normalized spacial score (nSPS) is 19.4. The van der Waals surface area contributed by atoms with Crippen LogP contribution in [0.5, 0.6) is 0 Å². The first-order valence-electron chi connectivity index (χ1n) is 5.27. The van der Waals surface area contributed by atoms with Crippen LogP contribution in [-0.2, 0) is 6.42 Å². The van der Waals surface area contributed by atoms with E-state index in [-0.39, 0.29) is 5.56 Å². The molecule has 3 rings (SSSR count). The third-order valence-corrected chi connectivity index (χ3v) is 3.11. The van der Waals surface area contributed by atoms with E-state index in [4.69, 9.17) is 0 Å². The van der Waals surface area contributed by atoms with Crippen molar-refractivity contribution in [1.82, 2.24) is 9.55 Å². The summed E-state index contributed by atoms with van der Waals surface area (Å²) < 4.78 is 1.84.